The molecule has 0 amide bonds. The zero-order valence-corrected chi connectivity index (χ0v) is 8.95. The van der Waals surface area contributed by atoms with E-state index in [1.54, 1.807) is 0 Å². The second kappa shape index (κ2) is 4.80. The van der Waals surface area contributed by atoms with Crippen LogP contribution in [0, 0.1) is 10.1 Å². The highest BCUT2D eigenvalue weighted by Gasteiger charge is 2.11. The van der Waals surface area contributed by atoms with Crippen molar-refractivity contribution in [2.75, 3.05) is 0 Å². The highest BCUT2D eigenvalue weighted by Crippen LogP contribution is 2.19. The standard InChI is InChI=1S/C12H11NO4/c14-12(17-13(15)16)8-10-6-3-5-9-4-1-2-7-11(9)10/h1-7,12,14H,8H2. The Morgan fingerprint density at radius 2 is 1.94 bits per heavy atom. The fraction of sp³-hybridized carbons (Fsp3) is 0.167. The van der Waals surface area contributed by atoms with Crippen LogP contribution in [-0.2, 0) is 11.3 Å². The number of fused-ring (bicyclic) bond motifs is 1. The van der Waals surface area contributed by atoms with E-state index in [2.05, 4.69) is 4.84 Å². The number of benzene rings is 2. The Hall–Kier alpha value is -2.14. The fourth-order valence-corrected chi connectivity index (χ4v) is 1.80. The second-order valence-electron chi connectivity index (χ2n) is 3.63. The summed E-state index contributed by atoms with van der Waals surface area (Å²) in [5.74, 6) is 0. The van der Waals surface area contributed by atoms with Gasteiger partial charge in [0.1, 0.15) is 0 Å². The zero-order chi connectivity index (χ0) is 12.3. The van der Waals surface area contributed by atoms with Gasteiger partial charge < -0.3 is 5.11 Å². The van der Waals surface area contributed by atoms with Crippen molar-refractivity contribution in [1.82, 2.24) is 0 Å². The van der Waals surface area contributed by atoms with Gasteiger partial charge >= 0.3 is 0 Å². The number of nitrogens with zero attached hydrogens (tertiary/aromatic N) is 1. The number of rotatable bonds is 4. The van der Waals surface area contributed by atoms with Gasteiger partial charge in [0.25, 0.3) is 5.09 Å². The Kier molecular flexibility index (Phi) is 3.20. The molecule has 0 saturated heterocycles. The Balaban J connectivity index is 2.26. The van der Waals surface area contributed by atoms with E-state index in [0.717, 1.165) is 16.3 Å². The summed E-state index contributed by atoms with van der Waals surface area (Å²) in [6.07, 6.45) is -1.35. The third-order valence-corrected chi connectivity index (χ3v) is 2.48. The van der Waals surface area contributed by atoms with Gasteiger partial charge in [0.05, 0.1) is 0 Å². The Morgan fingerprint density at radius 1 is 1.24 bits per heavy atom. The summed E-state index contributed by atoms with van der Waals surface area (Å²) in [6, 6.07) is 13.2. The highest BCUT2D eigenvalue weighted by molar-refractivity contribution is 5.85. The van der Waals surface area contributed by atoms with Crippen molar-refractivity contribution in [3.05, 3.63) is 58.1 Å². The van der Waals surface area contributed by atoms with Crippen molar-refractivity contribution in [3.63, 3.8) is 0 Å². The molecule has 0 radical (unpaired) electrons. The minimum atomic E-state index is -1.43. The molecule has 1 N–H and O–H groups in total. The molecule has 1 atom stereocenters. The van der Waals surface area contributed by atoms with Crippen molar-refractivity contribution in [3.8, 4) is 0 Å². The maximum Gasteiger partial charge on any atom is 0.297 e. The summed E-state index contributed by atoms with van der Waals surface area (Å²) in [6.45, 7) is 0. The molecule has 0 aliphatic rings. The van der Waals surface area contributed by atoms with Gasteiger partial charge in [0.15, 0.2) is 0 Å². The molecule has 0 aliphatic carbocycles. The molecule has 2 aromatic carbocycles. The van der Waals surface area contributed by atoms with Crippen molar-refractivity contribution in [2.45, 2.75) is 12.7 Å². The number of aliphatic hydroxyl groups is 1. The van der Waals surface area contributed by atoms with Crippen molar-refractivity contribution >= 4 is 10.8 Å². The summed E-state index contributed by atoms with van der Waals surface area (Å²) < 4.78 is 0. The molecule has 0 aliphatic heterocycles. The highest BCUT2D eigenvalue weighted by atomic mass is 17.0. The third kappa shape index (κ3) is 2.70. The molecule has 5 nitrogen and oxygen atoms in total. The van der Waals surface area contributed by atoms with Crippen LogP contribution in [-0.4, -0.2) is 16.5 Å². The lowest BCUT2D eigenvalue weighted by atomic mass is 10.0. The Bertz CT molecular complexity index is 536. The van der Waals surface area contributed by atoms with E-state index >= 15 is 0 Å². The van der Waals surface area contributed by atoms with Crippen LogP contribution in [0.3, 0.4) is 0 Å². The normalized spacial score (nSPS) is 12.3. The van der Waals surface area contributed by atoms with Crippen LogP contribution in [0.5, 0.6) is 0 Å². The molecular weight excluding hydrogens is 222 g/mol. The van der Waals surface area contributed by atoms with Crippen LogP contribution in [0.2, 0.25) is 0 Å². The van der Waals surface area contributed by atoms with E-state index < -0.39 is 11.4 Å². The average Bonchev–Trinajstić information content (AvgIpc) is 2.28. The first-order valence-electron chi connectivity index (χ1n) is 5.12. The van der Waals surface area contributed by atoms with Gasteiger partial charge in [-0.3, -0.25) is 4.84 Å². The van der Waals surface area contributed by atoms with Gasteiger partial charge in [-0.05, 0) is 16.3 Å². The molecule has 2 rings (SSSR count). The molecule has 0 aromatic heterocycles. The van der Waals surface area contributed by atoms with Crippen molar-refractivity contribution in [1.29, 1.82) is 0 Å². The molecule has 5 heteroatoms. The smallest absolute Gasteiger partial charge is 0.297 e. The molecule has 0 spiro atoms. The first kappa shape index (κ1) is 11.3. The summed E-state index contributed by atoms with van der Waals surface area (Å²) in [7, 11) is 0. The Labute approximate surface area is 97.4 Å². The summed E-state index contributed by atoms with van der Waals surface area (Å²) >= 11 is 0. The van der Waals surface area contributed by atoms with E-state index in [-0.39, 0.29) is 6.42 Å². The summed E-state index contributed by atoms with van der Waals surface area (Å²) in [4.78, 5) is 14.2. The van der Waals surface area contributed by atoms with Gasteiger partial charge in [-0.25, -0.2) is 0 Å². The predicted molar refractivity (Wildman–Crippen MR) is 61.7 cm³/mol. The minimum absolute atomic E-state index is 0.0856. The maximum atomic E-state index is 10.1. The maximum absolute atomic E-state index is 10.1. The second-order valence-corrected chi connectivity index (χ2v) is 3.63. The van der Waals surface area contributed by atoms with Crippen LogP contribution in [0.1, 0.15) is 5.56 Å². The van der Waals surface area contributed by atoms with Crippen LogP contribution >= 0.6 is 0 Å². The molecule has 0 fully saturated rings. The monoisotopic (exact) mass is 233 g/mol. The van der Waals surface area contributed by atoms with Crippen LogP contribution in [0.15, 0.2) is 42.5 Å². The summed E-state index contributed by atoms with van der Waals surface area (Å²) in [5.41, 5.74) is 0.817. The first-order chi connectivity index (χ1) is 8.16. The van der Waals surface area contributed by atoms with Gasteiger partial charge in [-0.15, -0.1) is 10.1 Å². The van der Waals surface area contributed by atoms with E-state index in [9.17, 15) is 15.2 Å². The minimum Gasteiger partial charge on any atom is -0.368 e. The van der Waals surface area contributed by atoms with Crippen LogP contribution < -0.4 is 0 Å². The van der Waals surface area contributed by atoms with E-state index in [1.807, 2.05) is 42.5 Å². The van der Waals surface area contributed by atoms with Crippen molar-refractivity contribution < 1.29 is 15.0 Å². The number of aliphatic hydroxyl groups excluding tert-OH is 1. The fourth-order valence-electron chi connectivity index (χ4n) is 1.80. The number of hydrogen-bond donors (Lipinski definition) is 1. The van der Waals surface area contributed by atoms with Gasteiger partial charge in [0.2, 0.25) is 6.29 Å². The lowest BCUT2D eigenvalue weighted by Gasteiger charge is -2.10. The lowest BCUT2D eigenvalue weighted by Crippen LogP contribution is -2.19. The van der Waals surface area contributed by atoms with E-state index in [1.165, 1.54) is 0 Å². The van der Waals surface area contributed by atoms with Crippen LogP contribution in [0.4, 0.5) is 0 Å². The molecular formula is C12H11NO4. The van der Waals surface area contributed by atoms with Crippen molar-refractivity contribution in [2.24, 2.45) is 0 Å². The first-order valence-corrected chi connectivity index (χ1v) is 5.12. The van der Waals surface area contributed by atoms with Gasteiger partial charge in [0, 0.05) is 6.42 Å². The van der Waals surface area contributed by atoms with Crippen LogP contribution in [0.25, 0.3) is 10.8 Å². The molecule has 0 saturated carbocycles. The topological polar surface area (TPSA) is 72.6 Å². The number of hydrogen-bond acceptors (Lipinski definition) is 4. The SMILES string of the molecule is O=[N+]([O-])OC(O)Cc1cccc2ccccc12. The van der Waals surface area contributed by atoms with Gasteiger partial charge in [-0.2, -0.15) is 0 Å². The Morgan fingerprint density at radius 3 is 2.71 bits per heavy atom. The van der Waals surface area contributed by atoms with Gasteiger partial charge in [-0.1, -0.05) is 42.5 Å². The van der Waals surface area contributed by atoms with E-state index in [4.69, 9.17) is 0 Å². The molecule has 88 valence electrons. The molecule has 2 aromatic rings. The predicted octanol–water partition coefficient (Wildman–Crippen LogP) is 1.91. The zero-order valence-electron chi connectivity index (χ0n) is 8.95. The lowest BCUT2D eigenvalue weighted by molar-refractivity contribution is -0.779. The molecule has 0 bridgehead atoms. The third-order valence-electron chi connectivity index (χ3n) is 2.48. The largest absolute Gasteiger partial charge is 0.368 e. The average molecular weight is 233 g/mol. The molecule has 0 heterocycles. The quantitative estimate of drug-likeness (QED) is 0.497. The molecule has 1 unspecified atom stereocenters. The molecule has 17 heavy (non-hydrogen) atoms. The van der Waals surface area contributed by atoms with E-state index in [0.29, 0.717) is 0 Å². The summed E-state index contributed by atoms with van der Waals surface area (Å²) in [5, 5.41) is 20.5.